The molecule has 0 unspecified atom stereocenters. The second-order valence-corrected chi connectivity index (χ2v) is 11.3. The van der Waals surface area contributed by atoms with Crippen LogP contribution in [0.15, 0.2) is 48.8 Å². The third kappa shape index (κ3) is 3.51. The Morgan fingerprint density at radius 2 is 1.86 bits per heavy atom. The predicted octanol–water partition coefficient (Wildman–Crippen LogP) is 4.91. The fourth-order valence-electron chi connectivity index (χ4n) is 6.46. The molecule has 9 heteroatoms. The lowest BCUT2D eigenvalue weighted by molar-refractivity contribution is 0.0798. The van der Waals surface area contributed by atoms with Gasteiger partial charge in [-0.25, -0.2) is 23.4 Å². The molecule has 0 amide bonds. The summed E-state index contributed by atoms with van der Waals surface area (Å²) in [6.07, 6.45) is 5.66. The molecule has 1 aromatic carbocycles. The summed E-state index contributed by atoms with van der Waals surface area (Å²) in [6.45, 7) is 7.89. The summed E-state index contributed by atoms with van der Waals surface area (Å²) in [5.41, 5.74) is 1.74. The van der Waals surface area contributed by atoms with Gasteiger partial charge < -0.3 is 5.11 Å². The van der Waals surface area contributed by atoms with Gasteiger partial charge in [-0.1, -0.05) is 19.9 Å². The predicted molar refractivity (Wildman–Crippen MR) is 133 cm³/mol. The van der Waals surface area contributed by atoms with Crippen LogP contribution in [0.2, 0.25) is 0 Å². The van der Waals surface area contributed by atoms with Crippen LogP contribution in [0.3, 0.4) is 0 Å². The van der Waals surface area contributed by atoms with Gasteiger partial charge in [0.15, 0.2) is 0 Å². The van der Waals surface area contributed by atoms with E-state index in [4.69, 9.17) is 4.98 Å². The van der Waals surface area contributed by atoms with Crippen LogP contribution in [0.25, 0.3) is 17.2 Å². The molecule has 7 nitrogen and oxygen atoms in total. The van der Waals surface area contributed by atoms with Crippen LogP contribution in [0.1, 0.15) is 69.1 Å². The zero-order chi connectivity index (χ0) is 26.2. The quantitative estimate of drug-likeness (QED) is 0.417. The first-order valence-corrected chi connectivity index (χ1v) is 12.4. The van der Waals surface area contributed by atoms with Crippen molar-refractivity contribution in [3.8, 4) is 17.2 Å². The SMILES string of the molecule is CC(C)(O)Cc1ccn(-c2nccc([C@@]34CC[C@@H](c5cc(-c6c(F)cccc6F)nnc53)C4(C)C)n2)n1. The lowest BCUT2D eigenvalue weighted by Crippen LogP contribution is -2.38. The lowest BCUT2D eigenvalue weighted by atomic mass is 9.66. The summed E-state index contributed by atoms with van der Waals surface area (Å²) in [7, 11) is 0. The maximum absolute atomic E-state index is 14.5. The first-order chi connectivity index (χ1) is 17.5. The lowest BCUT2D eigenvalue weighted by Gasteiger charge is -2.37. The average Bonchev–Trinajstić information content (AvgIpc) is 3.45. The number of hydrogen-bond acceptors (Lipinski definition) is 6. The molecule has 4 aromatic rings. The highest BCUT2D eigenvalue weighted by Crippen LogP contribution is 2.69. The number of hydrogen-bond donors (Lipinski definition) is 1. The van der Waals surface area contributed by atoms with Gasteiger partial charge in [-0.05, 0) is 73.9 Å². The van der Waals surface area contributed by atoms with Crippen molar-refractivity contribution in [3.63, 3.8) is 0 Å². The van der Waals surface area contributed by atoms with E-state index >= 15 is 0 Å². The topological polar surface area (TPSA) is 89.6 Å². The van der Waals surface area contributed by atoms with Gasteiger partial charge >= 0.3 is 0 Å². The largest absolute Gasteiger partial charge is 0.390 e. The van der Waals surface area contributed by atoms with Gasteiger partial charge in [0.1, 0.15) is 11.6 Å². The zero-order valence-corrected chi connectivity index (χ0v) is 21.2. The smallest absolute Gasteiger partial charge is 0.250 e. The van der Waals surface area contributed by atoms with Gasteiger partial charge in [-0.3, -0.25) is 0 Å². The number of benzene rings is 1. The van der Waals surface area contributed by atoms with Crippen LogP contribution < -0.4 is 0 Å². The van der Waals surface area contributed by atoms with Crippen LogP contribution in [-0.4, -0.2) is 40.7 Å². The molecule has 0 radical (unpaired) electrons. The van der Waals surface area contributed by atoms with E-state index in [9.17, 15) is 13.9 Å². The minimum atomic E-state index is -0.875. The van der Waals surface area contributed by atoms with Gasteiger partial charge in [0.25, 0.3) is 5.95 Å². The molecule has 1 fully saturated rings. The summed E-state index contributed by atoms with van der Waals surface area (Å²) in [5, 5.41) is 23.6. The normalized spacial score (nSPS) is 21.9. The molecule has 2 atom stereocenters. The number of halogens is 2. The number of rotatable bonds is 5. The first kappa shape index (κ1) is 23.8. The molecule has 3 aromatic heterocycles. The van der Waals surface area contributed by atoms with Crippen molar-refractivity contribution >= 4 is 0 Å². The fraction of sp³-hybridized carbons (Fsp3) is 0.393. The number of aromatic nitrogens is 6. The molecule has 2 aliphatic carbocycles. The second kappa shape index (κ2) is 7.95. The van der Waals surface area contributed by atoms with E-state index in [1.165, 1.54) is 18.2 Å². The first-order valence-electron chi connectivity index (χ1n) is 12.4. The Kier molecular flexibility index (Phi) is 5.11. The Bertz CT molecular complexity index is 1510. The van der Waals surface area contributed by atoms with Crippen LogP contribution in [-0.2, 0) is 11.8 Å². The number of aliphatic hydroxyl groups is 1. The molecule has 1 saturated carbocycles. The van der Waals surface area contributed by atoms with Crippen LogP contribution in [0.5, 0.6) is 0 Å². The summed E-state index contributed by atoms with van der Waals surface area (Å²) in [4.78, 5) is 9.40. The van der Waals surface area contributed by atoms with Gasteiger partial charge in [-0.2, -0.15) is 10.2 Å². The molecule has 2 aliphatic rings. The molecule has 190 valence electrons. The van der Waals surface area contributed by atoms with Gasteiger partial charge in [0.2, 0.25) is 0 Å². The van der Waals surface area contributed by atoms with Crippen molar-refractivity contribution in [1.82, 2.24) is 29.9 Å². The summed E-state index contributed by atoms with van der Waals surface area (Å²) in [5.74, 6) is -0.738. The van der Waals surface area contributed by atoms with Crippen molar-refractivity contribution in [3.05, 3.63) is 83.1 Å². The summed E-state index contributed by atoms with van der Waals surface area (Å²) in [6, 6.07) is 9.37. The van der Waals surface area contributed by atoms with Crippen molar-refractivity contribution in [2.45, 2.75) is 63.9 Å². The molecular weight excluding hydrogens is 474 g/mol. The van der Waals surface area contributed by atoms with Crippen LogP contribution in [0.4, 0.5) is 8.78 Å². The van der Waals surface area contributed by atoms with Crippen molar-refractivity contribution in [2.24, 2.45) is 5.41 Å². The minimum absolute atomic E-state index is 0.146. The standard InChI is InChI=1S/C28H28F2N6O/c1-26(2,37)15-16-10-13-36(35-16)25-31-12-9-22(32-25)28-11-8-18(27(28,3)4)17-14-21(33-34-24(17)28)23-19(29)6-5-7-20(23)30/h5-7,9-10,12-14,18,37H,8,11,15H2,1-4H3/t18-,28-/m0/s1. The van der Waals surface area contributed by atoms with Crippen molar-refractivity contribution in [1.29, 1.82) is 0 Å². The molecule has 3 heterocycles. The summed E-state index contributed by atoms with van der Waals surface area (Å²) < 4.78 is 30.7. The van der Waals surface area contributed by atoms with Gasteiger partial charge in [0.05, 0.1) is 39.4 Å². The highest BCUT2D eigenvalue weighted by Gasteiger charge is 2.65. The Labute approximate surface area is 213 Å². The maximum atomic E-state index is 14.5. The Morgan fingerprint density at radius 1 is 1.11 bits per heavy atom. The average molecular weight is 503 g/mol. The van der Waals surface area contributed by atoms with Crippen LogP contribution >= 0.6 is 0 Å². The molecule has 0 spiro atoms. The van der Waals surface area contributed by atoms with E-state index in [1.807, 2.05) is 12.1 Å². The van der Waals surface area contributed by atoms with E-state index in [-0.39, 0.29) is 22.6 Å². The number of fused-ring (bicyclic) bond motifs is 5. The molecule has 2 bridgehead atoms. The number of nitrogens with zero attached hydrogens (tertiary/aromatic N) is 6. The molecule has 1 N–H and O–H groups in total. The second-order valence-electron chi connectivity index (χ2n) is 11.3. The molecule has 6 rings (SSSR count). The van der Waals surface area contributed by atoms with Crippen molar-refractivity contribution in [2.75, 3.05) is 0 Å². The fourth-order valence-corrected chi connectivity index (χ4v) is 6.46. The zero-order valence-electron chi connectivity index (χ0n) is 21.2. The molecule has 0 aliphatic heterocycles. The molecule has 0 saturated heterocycles. The van der Waals surface area contributed by atoms with E-state index < -0.39 is 22.7 Å². The molecular formula is C28H28F2N6O. The van der Waals surface area contributed by atoms with Gasteiger partial charge in [-0.15, -0.1) is 5.10 Å². The van der Waals surface area contributed by atoms with E-state index in [0.717, 1.165) is 35.5 Å². The monoisotopic (exact) mass is 502 g/mol. The Hall–Kier alpha value is -3.59. The van der Waals surface area contributed by atoms with E-state index in [2.05, 4.69) is 34.1 Å². The Morgan fingerprint density at radius 3 is 2.59 bits per heavy atom. The highest BCUT2D eigenvalue weighted by molar-refractivity contribution is 5.64. The third-order valence-electron chi connectivity index (χ3n) is 8.14. The third-order valence-corrected chi connectivity index (χ3v) is 8.14. The van der Waals surface area contributed by atoms with Crippen LogP contribution in [0, 0.1) is 17.0 Å². The van der Waals surface area contributed by atoms with E-state index in [1.54, 1.807) is 37.0 Å². The molecule has 37 heavy (non-hydrogen) atoms. The van der Waals surface area contributed by atoms with Gasteiger partial charge in [0, 0.05) is 18.8 Å². The summed E-state index contributed by atoms with van der Waals surface area (Å²) >= 11 is 0. The van der Waals surface area contributed by atoms with Crippen molar-refractivity contribution < 1.29 is 13.9 Å². The van der Waals surface area contributed by atoms with E-state index in [0.29, 0.717) is 12.4 Å². The Balaban J connectivity index is 1.44. The minimum Gasteiger partial charge on any atom is -0.390 e. The maximum Gasteiger partial charge on any atom is 0.250 e. The highest BCUT2D eigenvalue weighted by atomic mass is 19.1.